The summed E-state index contributed by atoms with van der Waals surface area (Å²) in [5.41, 5.74) is 1.43. The summed E-state index contributed by atoms with van der Waals surface area (Å²) >= 11 is 6.17. The highest BCUT2D eigenvalue weighted by Crippen LogP contribution is 2.27. The summed E-state index contributed by atoms with van der Waals surface area (Å²) in [6.45, 7) is 3.68. The fourth-order valence-electron chi connectivity index (χ4n) is 3.03. The van der Waals surface area contributed by atoms with Crippen LogP contribution in [0.5, 0.6) is 5.75 Å². The van der Waals surface area contributed by atoms with Crippen LogP contribution in [0.4, 0.5) is 5.69 Å². The average Bonchev–Trinajstić information content (AvgIpc) is 2.78. The van der Waals surface area contributed by atoms with Gasteiger partial charge in [0, 0.05) is 29.6 Å². The van der Waals surface area contributed by atoms with E-state index >= 15 is 0 Å². The van der Waals surface area contributed by atoms with Crippen molar-refractivity contribution in [3.05, 3.63) is 69.6 Å². The van der Waals surface area contributed by atoms with Crippen LogP contribution >= 0.6 is 11.6 Å². The van der Waals surface area contributed by atoms with Gasteiger partial charge in [0.15, 0.2) is 6.61 Å². The topological polar surface area (TPSA) is 130 Å². The van der Waals surface area contributed by atoms with Crippen molar-refractivity contribution >= 4 is 33.2 Å². The molecule has 0 unspecified atom stereocenters. The molecule has 0 aliphatic rings. The first-order valence-corrected chi connectivity index (χ1v) is 12.4. The smallest absolute Gasteiger partial charge is 0.262 e. The van der Waals surface area contributed by atoms with Crippen LogP contribution in [0.3, 0.4) is 0 Å². The summed E-state index contributed by atoms with van der Waals surface area (Å²) in [5.74, 6) is 0.125. The summed E-state index contributed by atoms with van der Waals surface area (Å²) in [4.78, 5) is 31.0. The number of rotatable bonds is 10. The van der Waals surface area contributed by atoms with Crippen molar-refractivity contribution in [2.24, 2.45) is 0 Å². The highest BCUT2D eigenvalue weighted by Gasteiger charge is 2.16. The van der Waals surface area contributed by atoms with Crippen LogP contribution in [0.2, 0.25) is 5.02 Å². The number of amides is 1. The number of unbranched alkanes of at least 4 members (excludes halogenated alkanes) is 1. The fraction of sp³-hybridized carbons (Fsp3) is 0.261. The Labute approximate surface area is 202 Å². The maximum Gasteiger partial charge on any atom is 0.262 e. The fourth-order valence-corrected chi connectivity index (χ4v) is 4.43. The highest BCUT2D eigenvalue weighted by molar-refractivity contribution is 7.89. The number of benzene rings is 2. The van der Waals surface area contributed by atoms with Gasteiger partial charge in [0.05, 0.1) is 9.92 Å². The standard InChI is InChI=1S/C23H25ClN4O5S/c1-3-4-10-25-34(31,32)18-8-9-20(19(24)13-18)33-14-22(30)27-17-7-5-6-16(12-17)23-26-15(2)11-21(29)28-23/h5-9,11-13,25H,3-4,10,14H2,1-2H3,(H,27,30)(H,26,28,29). The number of hydrogen-bond donors (Lipinski definition) is 3. The number of nitrogens with one attached hydrogen (secondary N) is 3. The van der Waals surface area contributed by atoms with Crippen LogP contribution in [0, 0.1) is 6.92 Å². The lowest BCUT2D eigenvalue weighted by Crippen LogP contribution is -2.24. The van der Waals surface area contributed by atoms with E-state index in [-0.39, 0.29) is 27.8 Å². The van der Waals surface area contributed by atoms with Gasteiger partial charge in [-0.1, -0.05) is 37.1 Å². The van der Waals surface area contributed by atoms with Crippen LogP contribution in [0.15, 0.2) is 58.2 Å². The molecule has 0 atom stereocenters. The van der Waals surface area contributed by atoms with Crippen LogP contribution in [-0.4, -0.2) is 37.4 Å². The zero-order valence-corrected chi connectivity index (χ0v) is 20.3. The minimum Gasteiger partial charge on any atom is -0.482 e. The van der Waals surface area contributed by atoms with Gasteiger partial charge in [-0.2, -0.15) is 0 Å². The third-order valence-electron chi connectivity index (χ3n) is 4.68. The molecular formula is C23H25ClN4O5S. The lowest BCUT2D eigenvalue weighted by Gasteiger charge is -2.11. The Kier molecular flexibility index (Phi) is 8.43. The third-order valence-corrected chi connectivity index (χ3v) is 6.44. The Morgan fingerprint density at radius 1 is 1.18 bits per heavy atom. The minimum absolute atomic E-state index is 0.0185. The molecule has 0 fully saturated rings. The molecule has 0 saturated carbocycles. The number of anilines is 1. The van der Waals surface area contributed by atoms with Crippen molar-refractivity contribution in [3.8, 4) is 17.1 Å². The normalized spacial score (nSPS) is 11.3. The van der Waals surface area contributed by atoms with Crippen LogP contribution in [0.1, 0.15) is 25.5 Å². The van der Waals surface area contributed by atoms with E-state index in [1.165, 1.54) is 24.3 Å². The number of aromatic nitrogens is 2. The van der Waals surface area contributed by atoms with Crippen molar-refractivity contribution < 1.29 is 17.9 Å². The van der Waals surface area contributed by atoms with Gasteiger partial charge in [-0.05, 0) is 43.7 Å². The number of aromatic amines is 1. The summed E-state index contributed by atoms with van der Waals surface area (Å²) in [6.07, 6.45) is 1.59. The first-order chi connectivity index (χ1) is 16.2. The van der Waals surface area contributed by atoms with Gasteiger partial charge < -0.3 is 15.0 Å². The SMILES string of the molecule is CCCCNS(=O)(=O)c1ccc(OCC(=O)Nc2cccc(-c3nc(C)cc(=O)[nH]3)c2)c(Cl)c1. The maximum atomic E-state index is 12.4. The minimum atomic E-state index is -3.67. The molecule has 180 valence electrons. The van der Waals surface area contributed by atoms with E-state index in [4.69, 9.17) is 16.3 Å². The second-order valence-electron chi connectivity index (χ2n) is 7.50. The molecule has 0 bridgehead atoms. The quantitative estimate of drug-likeness (QED) is 0.362. The van der Waals surface area contributed by atoms with Crippen molar-refractivity contribution in [1.29, 1.82) is 0 Å². The molecule has 0 saturated heterocycles. The molecule has 0 aliphatic heterocycles. The number of carbonyl (C=O) groups is 1. The van der Waals surface area contributed by atoms with Gasteiger partial charge in [0.25, 0.3) is 11.5 Å². The monoisotopic (exact) mass is 504 g/mol. The predicted octanol–water partition coefficient (Wildman–Crippen LogP) is 3.49. The van der Waals surface area contributed by atoms with Gasteiger partial charge >= 0.3 is 0 Å². The number of aryl methyl sites for hydroxylation is 1. The molecule has 1 heterocycles. The van der Waals surface area contributed by atoms with Crippen molar-refractivity contribution in [3.63, 3.8) is 0 Å². The lowest BCUT2D eigenvalue weighted by molar-refractivity contribution is -0.118. The molecule has 0 spiro atoms. The molecule has 11 heteroatoms. The molecule has 0 radical (unpaired) electrons. The van der Waals surface area contributed by atoms with Gasteiger partial charge in [-0.25, -0.2) is 18.1 Å². The first-order valence-electron chi connectivity index (χ1n) is 10.6. The summed E-state index contributed by atoms with van der Waals surface area (Å²) in [6, 6.07) is 12.3. The van der Waals surface area contributed by atoms with E-state index in [2.05, 4.69) is 20.0 Å². The van der Waals surface area contributed by atoms with Crippen LogP contribution in [-0.2, 0) is 14.8 Å². The zero-order valence-electron chi connectivity index (χ0n) is 18.7. The van der Waals surface area contributed by atoms with Crippen LogP contribution in [0.25, 0.3) is 11.4 Å². The molecule has 2 aromatic carbocycles. The highest BCUT2D eigenvalue weighted by atomic mass is 35.5. The molecule has 9 nitrogen and oxygen atoms in total. The van der Waals surface area contributed by atoms with E-state index in [1.54, 1.807) is 31.2 Å². The molecule has 1 aromatic heterocycles. The Balaban J connectivity index is 1.63. The second kappa shape index (κ2) is 11.3. The number of nitrogens with zero attached hydrogens (tertiary/aromatic N) is 1. The summed E-state index contributed by atoms with van der Waals surface area (Å²) in [5, 5.41) is 2.77. The van der Waals surface area contributed by atoms with Gasteiger partial charge in [0.1, 0.15) is 11.6 Å². The first kappa shape index (κ1) is 25.4. The largest absolute Gasteiger partial charge is 0.482 e. The van der Waals surface area contributed by atoms with E-state index in [1.807, 2.05) is 6.92 Å². The number of sulfonamides is 1. The maximum absolute atomic E-state index is 12.4. The van der Waals surface area contributed by atoms with Gasteiger partial charge in [-0.15, -0.1) is 0 Å². The lowest BCUT2D eigenvalue weighted by atomic mass is 10.2. The van der Waals surface area contributed by atoms with E-state index in [0.717, 1.165) is 12.8 Å². The van der Waals surface area contributed by atoms with Gasteiger partial charge in [-0.3, -0.25) is 9.59 Å². The Hall–Kier alpha value is -3.21. The molecular weight excluding hydrogens is 480 g/mol. The van der Waals surface area contributed by atoms with Crippen molar-refractivity contribution in [2.75, 3.05) is 18.5 Å². The molecule has 0 aliphatic carbocycles. The molecule has 3 N–H and O–H groups in total. The summed E-state index contributed by atoms with van der Waals surface area (Å²) < 4.78 is 32.6. The zero-order chi connectivity index (χ0) is 24.7. The molecule has 3 rings (SSSR count). The Bertz CT molecular complexity index is 1340. The van der Waals surface area contributed by atoms with Crippen molar-refractivity contribution in [1.82, 2.24) is 14.7 Å². The molecule has 3 aromatic rings. The Morgan fingerprint density at radius 2 is 1.97 bits per heavy atom. The molecule has 1 amide bonds. The van der Waals surface area contributed by atoms with E-state index in [9.17, 15) is 18.0 Å². The second-order valence-corrected chi connectivity index (χ2v) is 9.67. The van der Waals surface area contributed by atoms with E-state index in [0.29, 0.717) is 29.3 Å². The average molecular weight is 505 g/mol. The van der Waals surface area contributed by atoms with Gasteiger partial charge in [0.2, 0.25) is 10.0 Å². The number of halogens is 1. The predicted molar refractivity (Wildman–Crippen MR) is 131 cm³/mol. The molecule has 34 heavy (non-hydrogen) atoms. The number of H-pyrrole nitrogens is 1. The Morgan fingerprint density at radius 3 is 2.68 bits per heavy atom. The third kappa shape index (κ3) is 6.89. The van der Waals surface area contributed by atoms with Crippen LogP contribution < -0.4 is 20.3 Å². The number of hydrogen-bond acceptors (Lipinski definition) is 6. The number of carbonyl (C=O) groups excluding carboxylic acids is 1. The van der Waals surface area contributed by atoms with E-state index < -0.39 is 15.9 Å². The number of ether oxygens (including phenoxy) is 1. The van der Waals surface area contributed by atoms with Crippen molar-refractivity contribution in [2.45, 2.75) is 31.6 Å². The summed E-state index contributed by atoms with van der Waals surface area (Å²) in [7, 11) is -3.67.